The summed E-state index contributed by atoms with van der Waals surface area (Å²) in [5.41, 5.74) is 1.07. The minimum atomic E-state index is -0.0652. The number of rotatable bonds is 6. The largest absolute Gasteiger partial charge is 0.497 e. The number of methoxy groups -OCH3 is 1. The van der Waals surface area contributed by atoms with E-state index >= 15 is 0 Å². The number of ether oxygens (including phenoxy) is 2. The Morgan fingerprint density at radius 2 is 1.88 bits per heavy atom. The second-order valence-corrected chi connectivity index (χ2v) is 8.16. The molecule has 0 atom stereocenters. The van der Waals surface area contributed by atoms with Crippen LogP contribution < -0.4 is 14.8 Å². The van der Waals surface area contributed by atoms with Crippen LogP contribution in [0.4, 0.5) is 0 Å². The van der Waals surface area contributed by atoms with Gasteiger partial charge in [0.1, 0.15) is 11.5 Å². The maximum atomic E-state index is 12.5. The molecule has 2 heterocycles. The molecule has 4 rings (SSSR count). The van der Waals surface area contributed by atoms with Gasteiger partial charge in [0.2, 0.25) is 0 Å². The van der Waals surface area contributed by atoms with Gasteiger partial charge in [-0.15, -0.1) is 24.0 Å². The van der Waals surface area contributed by atoms with Crippen LogP contribution in [0, 0.1) is 0 Å². The number of nitrogens with zero attached hydrogens (tertiary/aromatic N) is 3. The second kappa shape index (κ2) is 12.2. The van der Waals surface area contributed by atoms with Gasteiger partial charge in [0, 0.05) is 51.4 Å². The van der Waals surface area contributed by atoms with Gasteiger partial charge < -0.3 is 29.0 Å². The number of carbonyl (C=O) groups is 1. The first-order valence-corrected chi connectivity index (χ1v) is 11.3. The number of hydrogen-bond acceptors (Lipinski definition) is 5. The van der Waals surface area contributed by atoms with Crippen molar-refractivity contribution in [3.63, 3.8) is 0 Å². The number of benzene rings is 1. The minimum Gasteiger partial charge on any atom is -0.497 e. The number of nitrogens with one attached hydrogen (secondary N) is 1. The fourth-order valence-corrected chi connectivity index (χ4v) is 4.29. The standard InChI is InChI=1S/C24H32N4O4.HI/c1-25-24(28-13-11-27(12-14-28)23(29)21-8-5-15-31-21)26-17-18-9-10-20(30-2)16-22(18)32-19-6-3-4-7-19;/h5,8-10,15-16,19H,3-4,6-7,11-14,17H2,1-2H3,(H,25,26);1H. The second-order valence-electron chi connectivity index (χ2n) is 8.16. The lowest BCUT2D eigenvalue weighted by Crippen LogP contribution is -2.53. The van der Waals surface area contributed by atoms with Crippen LogP contribution in [0.15, 0.2) is 46.0 Å². The predicted molar refractivity (Wildman–Crippen MR) is 138 cm³/mol. The lowest BCUT2D eigenvalue weighted by Gasteiger charge is -2.36. The third kappa shape index (κ3) is 6.33. The highest BCUT2D eigenvalue weighted by molar-refractivity contribution is 14.0. The number of aliphatic imine (C=N–C) groups is 1. The smallest absolute Gasteiger partial charge is 0.289 e. The van der Waals surface area contributed by atoms with E-state index in [1.165, 1.54) is 19.1 Å². The molecule has 2 fully saturated rings. The summed E-state index contributed by atoms with van der Waals surface area (Å²) in [6, 6.07) is 9.41. The van der Waals surface area contributed by atoms with Gasteiger partial charge in [0.15, 0.2) is 11.7 Å². The Kier molecular flexibility index (Phi) is 9.28. The molecule has 1 aliphatic heterocycles. The third-order valence-corrected chi connectivity index (χ3v) is 6.12. The van der Waals surface area contributed by atoms with E-state index in [1.54, 1.807) is 26.3 Å². The quantitative estimate of drug-likeness (QED) is 0.325. The average molecular weight is 568 g/mol. The highest BCUT2D eigenvalue weighted by Crippen LogP contribution is 2.30. The average Bonchev–Trinajstić information content (AvgIpc) is 3.55. The normalized spacial score (nSPS) is 17.0. The molecule has 1 saturated carbocycles. The van der Waals surface area contributed by atoms with Crippen molar-refractivity contribution >= 4 is 35.8 Å². The molecule has 8 nitrogen and oxygen atoms in total. The number of halogens is 1. The Hall–Kier alpha value is -2.43. The van der Waals surface area contributed by atoms with E-state index < -0.39 is 0 Å². The van der Waals surface area contributed by atoms with Crippen LogP contribution in [0.5, 0.6) is 11.5 Å². The molecule has 0 radical (unpaired) electrons. The zero-order valence-electron chi connectivity index (χ0n) is 19.3. The molecular formula is C24H33IN4O4. The number of hydrogen-bond donors (Lipinski definition) is 1. The third-order valence-electron chi connectivity index (χ3n) is 6.12. The zero-order valence-corrected chi connectivity index (χ0v) is 21.6. The monoisotopic (exact) mass is 568 g/mol. The number of amides is 1. The summed E-state index contributed by atoms with van der Waals surface area (Å²) in [5, 5.41) is 3.46. The molecule has 2 aromatic rings. The summed E-state index contributed by atoms with van der Waals surface area (Å²) in [4.78, 5) is 20.9. The summed E-state index contributed by atoms with van der Waals surface area (Å²) >= 11 is 0. The Balaban J connectivity index is 0.00000306. The molecule has 1 amide bonds. The molecule has 0 spiro atoms. The van der Waals surface area contributed by atoms with Crippen LogP contribution in [0.2, 0.25) is 0 Å². The van der Waals surface area contributed by atoms with Gasteiger partial charge in [-0.1, -0.05) is 0 Å². The SMILES string of the molecule is CN=C(NCc1ccc(OC)cc1OC1CCCC1)N1CCN(C(=O)c2ccco2)CC1.I. The van der Waals surface area contributed by atoms with Gasteiger partial charge in [-0.3, -0.25) is 9.79 Å². The van der Waals surface area contributed by atoms with Gasteiger partial charge in [-0.05, 0) is 49.9 Å². The minimum absolute atomic E-state index is 0. The van der Waals surface area contributed by atoms with E-state index in [-0.39, 0.29) is 36.0 Å². The number of piperazine rings is 1. The van der Waals surface area contributed by atoms with E-state index in [2.05, 4.69) is 15.2 Å². The predicted octanol–water partition coefficient (Wildman–Crippen LogP) is 3.76. The molecule has 1 aromatic carbocycles. The number of furan rings is 1. The molecule has 2 aliphatic rings. The molecule has 9 heteroatoms. The summed E-state index contributed by atoms with van der Waals surface area (Å²) in [5.74, 6) is 2.80. The Bertz CT molecular complexity index is 921. The Morgan fingerprint density at radius 3 is 2.52 bits per heavy atom. The van der Waals surface area contributed by atoms with Crippen LogP contribution in [-0.4, -0.2) is 68.1 Å². The van der Waals surface area contributed by atoms with E-state index in [0.29, 0.717) is 38.5 Å². The van der Waals surface area contributed by atoms with Gasteiger partial charge in [-0.2, -0.15) is 0 Å². The van der Waals surface area contributed by atoms with Crippen molar-refractivity contribution in [1.29, 1.82) is 0 Å². The van der Waals surface area contributed by atoms with E-state index in [9.17, 15) is 4.79 Å². The summed E-state index contributed by atoms with van der Waals surface area (Å²) in [7, 11) is 3.46. The van der Waals surface area contributed by atoms with Gasteiger partial charge in [-0.25, -0.2) is 0 Å². The number of guanidine groups is 1. The first-order valence-electron chi connectivity index (χ1n) is 11.3. The molecule has 0 bridgehead atoms. The molecule has 180 valence electrons. The molecule has 0 unspecified atom stereocenters. The van der Waals surface area contributed by atoms with Crippen LogP contribution in [-0.2, 0) is 6.54 Å². The highest BCUT2D eigenvalue weighted by atomic mass is 127. The number of carbonyl (C=O) groups excluding carboxylic acids is 1. The zero-order chi connectivity index (χ0) is 22.3. The maximum absolute atomic E-state index is 12.5. The van der Waals surface area contributed by atoms with Crippen molar-refractivity contribution in [3.05, 3.63) is 47.9 Å². The summed E-state index contributed by atoms with van der Waals surface area (Å²) in [6.07, 6.45) is 6.46. The van der Waals surface area contributed by atoms with Crippen molar-refractivity contribution in [3.8, 4) is 11.5 Å². The summed E-state index contributed by atoms with van der Waals surface area (Å²) < 4.78 is 17.0. The Morgan fingerprint density at radius 1 is 1.15 bits per heavy atom. The first kappa shape index (κ1) is 25.2. The van der Waals surface area contributed by atoms with Crippen LogP contribution >= 0.6 is 24.0 Å². The fraction of sp³-hybridized carbons (Fsp3) is 0.500. The lowest BCUT2D eigenvalue weighted by molar-refractivity contribution is 0.0657. The molecular weight excluding hydrogens is 535 g/mol. The van der Waals surface area contributed by atoms with Crippen molar-refractivity contribution < 1.29 is 18.7 Å². The van der Waals surface area contributed by atoms with E-state index in [1.807, 2.05) is 23.1 Å². The summed E-state index contributed by atoms with van der Waals surface area (Å²) in [6.45, 7) is 3.27. The lowest BCUT2D eigenvalue weighted by atomic mass is 10.1. The molecule has 1 aliphatic carbocycles. The van der Waals surface area contributed by atoms with Crippen LogP contribution in [0.1, 0.15) is 41.8 Å². The molecule has 1 N–H and O–H groups in total. The first-order chi connectivity index (χ1) is 15.7. The van der Waals surface area contributed by atoms with Crippen LogP contribution in [0.3, 0.4) is 0 Å². The van der Waals surface area contributed by atoms with Gasteiger partial charge in [0.05, 0.1) is 19.5 Å². The van der Waals surface area contributed by atoms with Crippen molar-refractivity contribution in [2.75, 3.05) is 40.3 Å². The Labute approximate surface area is 212 Å². The molecule has 33 heavy (non-hydrogen) atoms. The van der Waals surface area contributed by atoms with E-state index in [0.717, 1.165) is 35.9 Å². The topological polar surface area (TPSA) is 79.5 Å². The van der Waals surface area contributed by atoms with Crippen molar-refractivity contribution in [2.24, 2.45) is 4.99 Å². The molecule has 1 saturated heterocycles. The van der Waals surface area contributed by atoms with Gasteiger partial charge >= 0.3 is 0 Å². The maximum Gasteiger partial charge on any atom is 0.289 e. The van der Waals surface area contributed by atoms with Crippen molar-refractivity contribution in [2.45, 2.75) is 38.3 Å². The van der Waals surface area contributed by atoms with Crippen molar-refractivity contribution in [1.82, 2.24) is 15.1 Å². The van der Waals surface area contributed by atoms with Crippen LogP contribution in [0.25, 0.3) is 0 Å². The van der Waals surface area contributed by atoms with E-state index in [4.69, 9.17) is 13.9 Å². The fourth-order valence-electron chi connectivity index (χ4n) is 4.29. The molecule has 1 aromatic heterocycles. The van der Waals surface area contributed by atoms with Gasteiger partial charge in [0.25, 0.3) is 5.91 Å². The highest BCUT2D eigenvalue weighted by Gasteiger charge is 2.25.